The maximum absolute atomic E-state index is 12.6. The van der Waals surface area contributed by atoms with Crippen LogP contribution in [-0.4, -0.2) is 40.9 Å². The zero-order valence-electron chi connectivity index (χ0n) is 17.7. The summed E-state index contributed by atoms with van der Waals surface area (Å²) in [6.07, 6.45) is 3.01. The molecule has 0 spiro atoms. The fraction of sp³-hybridized carbons (Fsp3) is 0.458. The predicted octanol–water partition coefficient (Wildman–Crippen LogP) is 3.91. The lowest BCUT2D eigenvalue weighted by atomic mass is 9.96. The van der Waals surface area contributed by atoms with Crippen molar-refractivity contribution < 1.29 is 23.9 Å². The monoisotopic (exact) mass is 424 g/mol. The predicted molar refractivity (Wildman–Crippen MR) is 115 cm³/mol. The van der Waals surface area contributed by atoms with Crippen LogP contribution in [0.5, 0.6) is 0 Å². The Kier molecular flexibility index (Phi) is 6.11. The standard InChI is InChI=1S/C24H28N2O5/c1-15-14-20(15)21-8-6-19(31-21)7-9-22(27)25-18-4-2-16(3-5-18)23(28)26-12-10-17(11-13-26)24(29)30/h2-6,8,15,17,20H,7,9-14H2,1H3,(H,25,27)(H,29,30)/t15-,20-/m0/s1. The Labute approximate surface area is 181 Å². The van der Waals surface area contributed by atoms with Crippen molar-refractivity contribution in [3.63, 3.8) is 0 Å². The molecule has 2 fully saturated rings. The molecule has 0 unspecified atom stereocenters. The van der Waals surface area contributed by atoms with Gasteiger partial charge in [0.15, 0.2) is 0 Å². The van der Waals surface area contributed by atoms with Crippen LogP contribution in [0.3, 0.4) is 0 Å². The highest BCUT2D eigenvalue weighted by atomic mass is 16.4. The van der Waals surface area contributed by atoms with Gasteiger partial charge in [-0.25, -0.2) is 0 Å². The van der Waals surface area contributed by atoms with E-state index in [1.807, 2.05) is 12.1 Å². The molecule has 1 aromatic heterocycles. The van der Waals surface area contributed by atoms with Crippen LogP contribution in [-0.2, 0) is 16.0 Å². The Hall–Kier alpha value is -3.09. The minimum Gasteiger partial charge on any atom is -0.481 e. The fourth-order valence-corrected chi connectivity index (χ4v) is 4.12. The first-order valence-electron chi connectivity index (χ1n) is 10.9. The van der Waals surface area contributed by atoms with Crippen molar-refractivity contribution in [2.24, 2.45) is 11.8 Å². The second-order valence-electron chi connectivity index (χ2n) is 8.65. The summed E-state index contributed by atoms with van der Waals surface area (Å²) in [7, 11) is 0. The normalized spacial score (nSPS) is 21.0. The number of aliphatic carboxylic acids is 1. The molecule has 164 valence electrons. The minimum absolute atomic E-state index is 0.104. The number of carbonyl (C=O) groups excluding carboxylic acids is 2. The van der Waals surface area contributed by atoms with Crippen molar-refractivity contribution in [3.8, 4) is 0 Å². The fourth-order valence-electron chi connectivity index (χ4n) is 4.12. The highest BCUT2D eigenvalue weighted by Gasteiger charge is 2.36. The maximum atomic E-state index is 12.6. The zero-order chi connectivity index (χ0) is 22.0. The van der Waals surface area contributed by atoms with Gasteiger partial charge in [-0.1, -0.05) is 6.92 Å². The first kappa shape index (κ1) is 21.2. The molecule has 7 nitrogen and oxygen atoms in total. The molecular weight excluding hydrogens is 396 g/mol. The van der Waals surface area contributed by atoms with E-state index in [2.05, 4.69) is 12.2 Å². The minimum atomic E-state index is -0.794. The summed E-state index contributed by atoms with van der Waals surface area (Å²) in [6.45, 7) is 3.10. The molecule has 2 N–H and O–H groups in total. The molecule has 2 amide bonds. The summed E-state index contributed by atoms with van der Waals surface area (Å²) >= 11 is 0. The Balaban J connectivity index is 1.24. The summed E-state index contributed by atoms with van der Waals surface area (Å²) < 4.78 is 5.84. The van der Waals surface area contributed by atoms with Crippen LogP contribution in [0.15, 0.2) is 40.8 Å². The number of piperidine rings is 1. The van der Waals surface area contributed by atoms with E-state index in [0.717, 1.165) is 11.5 Å². The zero-order valence-corrected chi connectivity index (χ0v) is 17.7. The molecule has 1 aliphatic heterocycles. The Morgan fingerprint density at radius 2 is 1.77 bits per heavy atom. The largest absolute Gasteiger partial charge is 0.481 e. The second kappa shape index (κ2) is 8.96. The summed E-state index contributed by atoms with van der Waals surface area (Å²) in [4.78, 5) is 37.6. The van der Waals surface area contributed by atoms with Gasteiger partial charge in [0.25, 0.3) is 5.91 Å². The Bertz CT molecular complexity index is 957. The Morgan fingerprint density at radius 1 is 1.10 bits per heavy atom. The SMILES string of the molecule is C[C@H]1C[C@@H]1c1ccc(CCC(=O)Nc2ccc(C(=O)N3CCC(C(=O)O)CC3)cc2)o1. The molecule has 0 bridgehead atoms. The van der Waals surface area contributed by atoms with Gasteiger partial charge in [-0.2, -0.15) is 0 Å². The van der Waals surface area contributed by atoms with Crippen LogP contribution < -0.4 is 5.32 Å². The van der Waals surface area contributed by atoms with E-state index in [1.165, 1.54) is 6.42 Å². The smallest absolute Gasteiger partial charge is 0.306 e. The van der Waals surface area contributed by atoms with E-state index in [1.54, 1.807) is 29.2 Å². The van der Waals surface area contributed by atoms with E-state index in [9.17, 15) is 14.4 Å². The number of carboxylic acids is 1. The van der Waals surface area contributed by atoms with Gasteiger partial charge in [0, 0.05) is 43.1 Å². The van der Waals surface area contributed by atoms with Crippen molar-refractivity contribution >= 4 is 23.5 Å². The molecule has 1 saturated heterocycles. The average molecular weight is 424 g/mol. The van der Waals surface area contributed by atoms with Gasteiger partial charge in [-0.05, 0) is 61.6 Å². The van der Waals surface area contributed by atoms with Crippen molar-refractivity contribution in [1.82, 2.24) is 4.90 Å². The van der Waals surface area contributed by atoms with Crippen molar-refractivity contribution in [1.29, 1.82) is 0 Å². The van der Waals surface area contributed by atoms with Crippen LogP contribution in [0.25, 0.3) is 0 Å². The molecule has 1 saturated carbocycles. The second-order valence-corrected chi connectivity index (χ2v) is 8.65. The number of rotatable bonds is 7. The van der Waals surface area contributed by atoms with Crippen LogP contribution in [0.1, 0.15) is 60.4 Å². The number of carboxylic acid groups (broad SMARTS) is 1. The summed E-state index contributed by atoms with van der Waals surface area (Å²) in [5, 5.41) is 11.9. The van der Waals surface area contributed by atoms with Gasteiger partial charge in [0.05, 0.1) is 5.92 Å². The van der Waals surface area contributed by atoms with Crippen molar-refractivity contribution in [3.05, 3.63) is 53.5 Å². The topological polar surface area (TPSA) is 99.9 Å². The number of furan rings is 1. The molecule has 31 heavy (non-hydrogen) atoms. The molecular formula is C24H28N2O5. The van der Waals surface area contributed by atoms with Crippen LogP contribution in [0.2, 0.25) is 0 Å². The van der Waals surface area contributed by atoms with Gasteiger partial charge in [-0.15, -0.1) is 0 Å². The number of carbonyl (C=O) groups is 3. The van der Waals surface area contributed by atoms with Crippen molar-refractivity contribution in [2.45, 2.75) is 44.9 Å². The molecule has 2 heterocycles. The van der Waals surface area contributed by atoms with E-state index in [0.29, 0.717) is 61.9 Å². The average Bonchev–Trinajstić information content (AvgIpc) is 3.31. The number of anilines is 1. The van der Waals surface area contributed by atoms with E-state index >= 15 is 0 Å². The lowest BCUT2D eigenvalue weighted by molar-refractivity contribution is -0.143. The Morgan fingerprint density at radius 3 is 2.39 bits per heavy atom. The van der Waals surface area contributed by atoms with Crippen LogP contribution >= 0.6 is 0 Å². The molecule has 7 heteroatoms. The third kappa shape index (κ3) is 5.16. The molecule has 2 aromatic rings. The first-order valence-corrected chi connectivity index (χ1v) is 10.9. The number of hydrogen-bond donors (Lipinski definition) is 2. The first-order chi connectivity index (χ1) is 14.9. The maximum Gasteiger partial charge on any atom is 0.306 e. The third-order valence-corrected chi connectivity index (χ3v) is 6.30. The quantitative estimate of drug-likeness (QED) is 0.702. The van der Waals surface area contributed by atoms with Gasteiger partial charge >= 0.3 is 5.97 Å². The molecule has 0 radical (unpaired) electrons. The molecule has 4 rings (SSSR count). The number of nitrogens with one attached hydrogen (secondary N) is 1. The molecule has 2 aliphatic rings. The van der Waals surface area contributed by atoms with E-state index in [4.69, 9.17) is 9.52 Å². The number of aryl methyl sites for hydroxylation is 1. The number of amides is 2. The van der Waals surface area contributed by atoms with Gasteiger partial charge in [-0.3, -0.25) is 14.4 Å². The lowest BCUT2D eigenvalue weighted by Crippen LogP contribution is -2.40. The highest BCUT2D eigenvalue weighted by molar-refractivity contribution is 5.96. The van der Waals surface area contributed by atoms with E-state index in [-0.39, 0.29) is 17.7 Å². The number of hydrogen-bond acceptors (Lipinski definition) is 4. The van der Waals surface area contributed by atoms with Crippen LogP contribution in [0.4, 0.5) is 5.69 Å². The van der Waals surface area contributed by atoms with Gasteiger partial charge < -0.3 is 19.7 Å². The lowest BCUT2D eigenvalue weighted by Gasteiger charge is -2.30. The number of likely N-dealkylation sites (tertiary alicyclic amines) is 1. The van der Waals surface area contributed by atoms with Gasteiger partial charge in [0.1, 0.15) is 11.5 Å². The number of benzene rings is 1. The summed E-state index contributed by atoms with van der Waals surface area (Å²) in [6, 6.07) is 10.8. The molecule has 1 aliphatic carbocycles. The number of nitrogens with zero attached hydrogens (tertiary/aromatic N) is 1. The molecule has 2 atom stereocenters. The van der Waals surface area contributed by atoms with Crippen molar-refractivity contribution in [2.75, 3.05) is 18.4 Å². The highest BCUT2D eigenvalue weighted by Crippen LogP contribution is 2.47. The third-order valence-electron chi connectivity index (χ3n) is 6.30. The van der Waals surface area contributed by atoms with Gasteiger partial charge in [0.2, 0.25) is 5.91 Å². The van der Waals surface area contributed by atoms with Crippen LogP contribution in [0, 0.1) is 11.8 Å². The molecule has 1 aromatic carbocycles. The van der Waals surface area contributed by atoms with E-state index < -0.39 is 5.97 Å². The summed E-state index contributed by atoms with van der Waals surface area (Å²) in [5.41, 5.74) is 1.17. The summed E-state index contributed by atoms with van der Waals surface area (Å²) in [5.74, 6) is 1.70.